The molecule has 0 aliphatic rings. The third-order valence-corrected chi connectivity index (χ3v) is 9.10. The summed E-state index contributed by atoms with van der Waals surface area (Å²) in [6.07, 6.45) is 22.8. The second-order valence-corrected chi connectivity index (χ2v) is 13.2. The Morgan fingerprint density at radius 2 is 1.10 bits per heavy atom. The third kappa shape index (κ3) is 8.33. The number of nitrogens with zero attached hydrogens (tertiary/aromatic N) is 16. The molecular weight excluding hydrogens is 759 g/mol. The number of nitrogens with two attached hydrogens (primary N) is 2. The highest BCUT2D eigenvalue weighted by Crippen LogP contribution is 2.22. The molecule has 0 bridgehead atoms. The number of hydrogen-bond donors (Lipinski definition) is 3. The number of nitriles is 1. The summed E-state index contributed by atoms with van der Waals surface area (Å²) in [5.74, 6) is 8.46. The van der Waals surface area contributed by atoms with Crippen molar-refractivity contribution in [2.24, 2.45) is 16.7 Å². The number of imidazole rings is 3. The van der Waals surface area contributed by atoms with Gasteiger partial charge in [0, 0.05) is 75.0 Å². The van der Waals surface area contributed by atoms with Crippen molar-refractivity contribution in [2.75, 3.05) is 0 Å². The smallest absolute Gasteiger partial charge is 0.217 e. The van der Waals surface area contributed by atoms with E-state index in [1.165, 1.54) is 19.0 Å². The van der Waals surface area contributed by atoms with Crippen molar-refractivity contribution in [2.45, 2.75) is 26.2 Å². The van der Waals surface area contributed by atoms with E-state index in [1.54, 1.807) is 41.6 Å². The van der Waals surface area contributed by atoms with Crippen LogP contribution in [0.1, 0.15) is 51.2 Å². The Kier molecular flexibility index (Phi) is 11.2. The van der Waals surface area contributed by atoms with Crippen LogP contribution in [0.25, 0.3) is 28.2 Å². The second-order valence-electron chi connectivity index (χ2n) is 13.2. The van der Waals surface area contributed by atoms with Gasteiger partial charge < -0.3 is 11.6 Å². The van der Waals surface area contributed by atoms with E-state index < -0.39 is 0 Å². The van der Waals surface area contributed by atoms with Gasteiger partial charge in [0.15, 0.2) is 17.5 Å². The van der Waals surface area contributed by atoms with Crippen molar-refractivity contribution in [1.29, 1.82) is 5.26 Å². The molecule has 10 aromatic heterocycles. The van der Waals surface area contributed by atoms with Gasteiger partial charge in [-0.25, -0.2) is 49.8 Å². The van der Waals surface area contributed by atoms with Crippen LogP contribution in [0.15, 0.2) is 134 Å². The average molecular weight is 794 g/mol. The van der Waals surface area contributed by atoms with E-state index in [4.69, 9.17) is 21.8 Å². The van der Waals surface area contributed by atoms with Crippen LogP contribution < -0.4 is 11.6 Å². The Morgan fingerprint density at radius 1 is 0.633 bits per heavy atom. The largest absolute Gasteiger partial charge is 0.379 e. The first kappa shape index (κ1) is 38.1. The zero-order chi connectivity index (χ0) is 41.3. The van der Waals surface area contributed by atoms with Crippen LogP contribution in [0, 0.1) is 18.3 Å². The minimum Gasteiger partial charge on any atom is -0.379 e. The molecule has 0 unspecified atom stereocenters. The van der Waals surface area contributed by atoms with E-state index in [-0.39, 0.29) is 5.84 Å². The molecule has 19 nitrogen and oxygen atoms in total. The van der Waals surface area contributed by atoms with Crippen LogP contribution >= 0.6 is 0 Å². The van der Waals surface area contributed by atoms with Crippen molar-refractivity contribution >= 4 is 22.4 Å². The molecule has 0 aromatic carbocycles. The SMILES string of the molecule is Cc1nc(-c2nc(Cc3cncnc3)c3ccccn23)n[nH]1.N#Cc1nc(Cc2cncnc2)c2ccccn12.N/N=C(\N)c1nc(Cc2cncnc2)c2ccccn12. The average Bonchev–Trinajstić information content (AvgIpc) is 4.09. The topological polar surface area (TPSA) is 259 Å². The second kappa shape index (κ2) is 17.6. The number of rotatable bonds is 8. The Labute approximate surface area is 341 Å². The Bertz CT molecular complexity index is 3070. The minimum atomic E-state index is 0.196. The first-order valence-corrected chi connectivity index (χ1v) is 18.4. The molecule has 0 atom stereocenters. The van der Waals surface area contributed by atoms with Gasteiger partial charge >= 0.3 is 0 Å². The van der Waals surface area contributed by atoms with E-state index in [2.05, 4.69) is 66.2 Å². The number of aromatic amines is 1. The summed E-state index contributed by atoms with van der Waals surface area (Å²) in [5.41, 5.74) is 14.4. The fourth-order valence-corrected chi connectivity index (χ4v) is 6.46. The summed E-state index contributed by atoms with van der Waals surface area (Å²) >= 11 is 0. The van der Waals surface area contributed by atoms with Crippen molar-refractivity contribution in [3.8, 4) is 17.7 Å². The molecule has 10 aromatic rings. The van der Waals surface area contributed by atoms with Crippen molar-refractivity contribution in [3.63, 3.8) is 0 Å². The summed E-state index contributed by atoms with van der Waals surface area (Å²) in [4.78, 5) is 42.1. The van der Waals surface area contributed by atoms with Gasteiger partial charge in [0.25, 0.3) is 0 Å². The molecular formula is C41H35N19. The lowest BCUT2D eigenvalue weighted by molar-refractivity contribution is 1.02. The maximum absolute atomic E-state index is 9.06. The lowest BCUT2D eigenvalue weighted by Gasteiger charge is -1.98. The predicted octanol–water partition coefficient (Wildman–Crippen LogP) is 3.69. The lowest BCUT2D eigenvalue weighted by atomic mass is 10.2. The van der Waals surface area contributed by atoms with E-state index in [0.29, 0.717) is 36.7 Å². The molecule has 10 heterocycles. The molecule has 0 saturated heterocycles. The van der Waals surface area contributed by atoms with Crippen LogP contribution in [0.3, 0.4) is 0 Å². The molecule has 0 spiro atoms. The zero-order valence-electron chi connectivity index (χ0n) is 32.1. The summed E-state index contributed by atoms with van der Waals surface area (Å²) in [7, 11) is 0. The number of hydrazone groups is 1. The molecule has 0 aliphatic carbocycles. The molecule has 5 N–H and O–H groups in total. The van der Waals surface area contributed by atoms with Crippen molar-refractivity contribution in [3.05, 3.63) is 181 Å². The monoisotopic (exact) mass is 793 g/mol. The fourth-order valence-electron chi connectivity index (χ4n) is 6.46. The Balaban J connectivity index is 0.000000125. The number of hydrogen-bond acceptors (Lipinski definition) is 14. The maximum atomic E-state index is 9.06. The number of pyridine rings is 3. The van der Waals surface area contributed by atoms with Crippen molar-refractivity contribution < 1.29 is 0 Å². The van der Waals surface area contributed by atoms with Gasteiger partial charge in [-0.15, -0.1) is 0 Å². The minimum absolute atomic E-state index is 0.196. The van der Waals surface area contributed by atoms with E-state index in [1.807, 2.05) is 88.9 Å². The normalized spacial score (nSPS) is 11.2. The Morgan fingerprint density at radius 3 is 1.60 bits per heavy atom. The van der Waals surface area contributed by atoms with Crippen LogP contribution in [0.4, 0.5) is 0 Å². The molecule has 60 heavy (non-hydrogen) atoms. The number of aryl methyl sites for hydroxylation is 1. The number of H-pyrrole nitrogens is 1. The first-order chi connectivity index (χ1) is 29.5. The van der Waals surface area contributed by atoms with Crippen LogP contribution in [0.2, 0.25) is 0 Å². The summed E-state index contributed by atoms with van der Waals surface area (Å²) < 4.78 is 5.66. The number of nitrogens with one attached hydrogen (secondary N) is 1. The van der Waals surface area contributed by atoms with Gasteiger partial charge in [-0.05, 0) is 60.0 Å². The Hall–Kier alpha value is -8.79. The van der Waals surface area contributed by atoms with E-state index in [0.717, 1.165) is 62.0 Å². The highest BCUT2D eigenvalue weighted by Gasteiger charge is 2.17. The molecule has 19 heteroatoms. The molecule has 0 radical (unpaired) electrons. The van der Waals surface area contributed by atoms with E-state index >= 15 is 0 Å². The van der Waals surface area contributed by atoms with E-state index in [9.17, 15) is 0 Å². The molecule has 0 saturated carbocycles. The predicted molar refractivity (Wildman–Crippen MR) is 220 cm³/mol. The summed E-state index contributed by atoms with van der Waals surface area (Å²) in [6.45, 7) is 1.87. The van der Waals surface area contributed by atoms with Crippen molar-refractivity contribution in [1.82, 2.24) is 73.2 Å². The maximum Gasteiger partial charge on any atom is 0.217 e. The van der Waals surface area contributed by atoms with Gasteiger partial charge in [0.2, 0.25) is 11.6 Å². The molecule has 10 rings (SSSR count). The van der Waals surface area contributed by atoms with Gasteiger partial charge in [-0.2, -0.15) is 15.5 Å². The number of amidine groups is 1. The van der Waals surface area contributed by atoms with Gasteiger partial charge in [-0.1, -0.05) is 18.2 Å². The van der Waals surface area contributed by atoms with Gasteiger partial charge in [0.05, 0.1) is 33.6 Å². The first-order valence-electron chi connectivity index (χ1n) is 18.4. The van der Waals surface area contributed by atoms with Crippen LogP contribution in [-0.4, -0.2) is 79.1 Å². The zero-order valence-corrected chi connectivity index (χ0v) is 32.1. The third-order valence-electron chi connectivity index (χ3n) is 9.10. The van der Waals surface area contributed by atoms with Crippen LogP contribution in [0.5, 0.6) is 0 Å². The van der Waals surface area contributed by atoms with Gasteiger partial charge in [0.1, 0.15) is 30.9 Å². The summed E-state index contributed by atoms with van der Waals surface area (Å²) in [6, 6.07) is 19.7. The van der Waals surface area contributed by atoms with Gasteiger partial charge in [-0.3, -0.25) is 18.3 Å². The quantitative estimate of drug-likeness (QED) is 0.0858. The highest BCUT2D eigenvalue weighted by atomic mass is 15.2. The number of aromatic nitrogens is 15. The fraction of sp³-hybridized carbons (Fsp3) is 0.0976. The highest BCUT2D eigenvalue weighted by molar-refractivity contribution is 5.95. The molecule has 0 amide bonds. The lowest BCUT2D eigenvalue weighted by Crippen LogP contribution is -2.18. The molecule has 0 aliphatic heterocycles. The standard InChI is InChI=1S/C15H13N7.C13H13N7.C13H9N5/c1-10-18-14(21-20-10)15-19-12(6-11-7-16-9-17-8-11)13-4-2-3-5-22(13)15;14-12(19-15)13-18-10(5-9-6-16-8-17-7-9)11-3-1-2-4-20(11)13;14-6-13-17-11(5-10-7-15-9-16-8-10)12-3-1-2-4-18(12)13/h2-5,7-9H,6H2,1H3,(H,18,20,21);1-4,6-8H,5,15H2,(H2,14,19);1-4,7-9H,5H2. The summed E-state index contributed by atoms with van der Waals surface area (Å²) in [5, 5.41) is 19.6. The molecule has 294 valence electrons. The molecule has 0 fully saturated rings. The van der Waals surface area contributed by atoms with Crippen LogP contribution in [-0.2, 0) is 19.3 Å². The number of fused-ring (bicyclic) bond motifs is 3.